The highest BCUT2D eigenvalue weighted by Crippen LogP contribution is 2.41. The molecule has 0 heterocycles. The monoisotopic (exact) mass is 253 g/mol. The van der Waals surface area contributed by atoms with Crippen molar-refractivity contribution in [2.24, 2.45) is 5.92 Å². The quantitative estimate of drug-likeness (QED) is 0.853. The fourth-order valence-corrected chi connectivity index (χ4v) is 2.70. The highest BCUT2D eigenvalue weighted by atomic mass is 35.5. The summed E-state index contributed by atoms with van der Waals surface area (Å²) in [5, 5.41) is 3.82. The minimum absolute atomic E-state index is 0.162. The Balaban J connectivity index is 1.87. The van der Waals surface area contributed by atoms with Gasteiger partial charge in [-0.25, -0.2) is 4.39 Å². The summed E-state index contributed by atoms with van der Waals surface area (Å²) in [6, 6.07) is 6.10. The Kier molecular flexibility index (Phi) is 3.10. The third-order valence-electron chi connectivity index (χ3n) is 3.93. The number of rotatable bonds is 4. The summed E-state index contributed by atoms with van der Waals surface area (Å²) < 4.78 is 14.1. The van der Waals surface area contributed by atoms with Crippen LogP contribution in [0.5, 0.6) is 0 Å². The van der Waals surface area contributed by atoms with Crippen molar-refractivity contribution in [1.29, 1.82) is 0 Å². The lowest BCUT2D eigenvalue weighted by molar-refractivity contribution is 0.225. The Morgan fingerprint density at radius 2 is 2.00 bits per heavy atom. The van der Waals surface area contributed by atoms with Gasteiger partial charge < -0.3 is 5.32 Å². The average molecular weight is 254 g/mol. The number of benzene rings is 1. The average Bonchev–Trinajstić information content (AvgIpc) is 3.02. The molecule has 1 N–H and O–H groups in total. The zero-order chi connectivity index (χ0) is 11.8. The molecule has 3 heteroatoms. The molecule has 0 spiro atoms. The molecule has 1 aromatic rings. The predicted octanol–water partition coefficient (Wildman–Crippen LogP) is 4.07. The fraction of sp³-hybridized carbons (Fsp3) is 0.571. The van der Waals surface area contributed by atoms with Crippen molar-refractivity contribution in [3.63, 3.8) is 0 Å². The van der Waals surface area contributed by atoms with Gasteiger partial charge in [-0.2, -0.15) is 0 Å². The first kappa shape index (κ1) is 11.5. The molecular weight excluding hydrogens is 237 g/mol. The standard InChI is InChI=1S/C14H17ClFN/c15-12-6-2-5-11(13(12)16)14(9-3-1-4-9)17-10-7-8-10/h2,5-6,9-10,14,17H,1,3-4,7-8H2. The van der Waals surface area contributed by atoms with Crippen LogP contribution in [0.2, 0.25) is 5.02 Å². The molecular formula is C14H17ClFN. The van der Waals surface area contributed by atoms with E-state index in [-0.39, 0.29) is 16.9 Å². The van der Waals surface area contributed by atoms with Crippen molar-refractivity contribution in [3.8, 4) is 0 Å². The molecule has 0 saturated heterocycles. The first-order valence-electron chi connectivity index (χ1n) is 6.45. The SMILES string of the molecule is Fc1c(Cl)cccc1C(NC1CC1)C1CCC1. The molecule has 0 radical (unpaired) electrons. The summed E-state index contributed by atoms with van der Waals surface area (Å²) in [6.45, 7) is 0. The normalized spacial score (nSPS) is 22.2. The van der Waals surface area contributed by atoms with E-state index in [1.807, 2.05) is 12.1 Å². The molecule has 2 saturated carbocycles. The van der Waals surface area contributed by atoms with E-state index in [1.165, 1.54) is 32.1 Å². The first-order valence-corrected chi connectivity index (χ1v) is 6.83. The van der Waals surface area contributed by atoms with E-state index in [9.17, 15) is 4.39 Å². The summed E-state index contributed by atoms with van der Waals surface area (Å²) >= 11 is 5.87. The second kappa shape index (κ2) is 4.58. The lowest BCUT2D eigenvalue weighted by Gasteiger charge is -2.35. The minimum atomic E-state index is -0.237. The van der Waals surface area contributed by atoms with Crippen molar-refractivity contribution < 1.29 is 4.39 Å². The lowest BCUT2D eigenvalue weighted by Crippen LogP contribution is -2.34. The molecule has 3 rings (SSSR count). The zero-order valence-corrected chi connectivity index (χ0v) is 10.5. The summed E-state index contributed by atoms with van der Waals surface area (Å²) in [4.78, 5) is 0. The van der Waals surface area contributed by atoms with Crippen molar-refractivity contribution >= 4 is 11.6 Å². The van der Waals surface area contributed by atoms with Crippen LogP contribution < -0.4 is 5.32 Å². The van der Waals surface area contributed by atoms with Crippen molar-refractivity contribution in [3.05, 3.63) is 34.6 Å². The molecule has 1 unspecified atom stereocenters. The van der Waals surface area contributed by atoms with E-state index in [4.69, 9.17) is 11.6 Å². The van der Waals surface area contributed by atoms with Crippen LogP contribution in [-0.2, 0) is 0 Å². The molecule has 1 atom stereocenters. The molecule has 2 fully saturated rings. The van der Waals surface area contributed by atoms with Crippen LogP contribution in [0.1, 0.15) is 43.7 Å². The van der Waals surface area contributed by atoms with Gasteiger partial charge in [-0.3, -0.25) is 0 Å². The third-order valence-corrected chi connectivity index (χ3v) is 4.22. The summed E-state index contributed by atoms with van der Waals surface area (Å²) in [7, 11) is 0. The van der Waals surface area contributed by atoms with Crippen LogP contribution in [0.15, 0.2) is 18.2 Å². The van der Waals surface area contributed by atoms with Crippen LogP contribution >= 0.6 is 11.6 Å². The van der Waals surface area contributed by atoms with Gasteiger partial charge in [-0.05, 0) is 37.7 Å². The maximum Gasteiger partial charge on any atom is 0.146 e. The maximum absolute atomic E-state index is 14.1. The van der Waals surface area contributed by atoms with E-state index < -0.39 is 0 Å². The van der Waals surface area contributed by atoms with Crippen molar-refractivity contribution in [2.45, 2.75) is 44.2 Å². The third kappa shape index (κ3) is 2.34. The Bertz CT molecular complexity index is 413. The predicted molar refractivity (Wildman–Crippen MR) is 67.6 cm³/mol. The van der Waals surface area contributed by atoms with Crippen LogP contribution in [0.25, 0.3) is 0 Å². The summed E-state index contributed by atoms with van der Waals surface area (Å²) in [5.74, 6) is 0.350. The topological polar surface area (TPSA) is 12.0 Å². The summed E-state index contributed by atoms with van der Waals surface area (Å²) in [6.07, 6.45) is 6.14. The highest BCUT2D eigenvalue weighted by molar-refractivity contribution is 6.30. The highest BCUT2D eigenvalue weighted by Gasteiger charge is 2.34. The first-order chi connectivity index (χ1) is 8.25. The second-order valence-electron chi connectivity index (χ2n) is 5.25. The van der Waals surface area contributed by atoms with Crippen molar-refractivity contribution in [2.75, 3.05) is 0 Å². The molecule has 0 aliphatic heterocycles. The minimum Gasteiger partial charge on any atom is -0.307 e. The van der Waals surface area contributed by atoms with Gasteiger partial charge in [0, 0.05) is 17.6 Å². The number of hydrogen-bond acceptors (Lipinski definition) is 1. The van der Waals surface area contributed by atoms with Crippen LogP contribution in [0.4, 0.5) is 4.39 Å². The van der Waals surface area contributed by atoms with Crippen LogP contribution in [0.3, 0.4) is 0 Å². The zero-order valence-electron chi connectivity index (χ0n) is 9.76. The van der Waals surface area contributed by atoms with Gasteiger partial charge in [-0.1, -0.05) is 30.2 Å². The van der Waals surface area contributed by atoms with Crippen LogP contribution in [-0.4, -0.2) is 6.04 Å². The molecule has 92 valence electrons. The molecule has 2 aliphatic rings. The van der Waals surface area contributed by atoms with Gasteiger partial charge in [0.1, 0.15) is 5.82 Å². The van der Waals surface area contributed by atoms with Crippen LogP contribution in [0, 0.1) is 11.7 Å². The number of hydrogen-bond donors (Lipinski definition) is 1. The number of nitrogens with one attached hydrogen (secondary N) is 1. The Morgan fingerprint density at radius 3 is 2.59 bits per heavy atom. The smallest absolute Gasteiger partial charge is 0.146 e. The molecule has 17 heavy (non-hydrogen) atoms. The van der Waals surface area contributed by atoms with E-state index in [0.29, 0.717) is 12.0 Å². The van der Waals surface area contributed by atoms with E-state index in [1.54, 1.807) is 6.07 Å². The number of halogens is 2. The molecule has 1 nitrogen and oxygen atoms in total. The molecule has 2 aliphatic carbocycles. The fourth-order valence-electron chi connectivity index (χ4n) is 2.52. The van der Waals surface area contributed by atoms with Crippen molar-refractivity contribution in [1.82, 2.24) is 5.32 Å². The maximum atomic E-state index is 14.1. The molecule has 0 amide bonds. The second-order valence-corrected chi connectivity index (χ2v) is 5.66. The molecule has 0 aromatic heterocycles. The Hall–Kier alpha value is -0.600. The molecule has 0 bridgehead atoms. The Morgan fingerprint density at radius 1 is 1.24 bits per heavy atom. The lowest BCUT2D eigenvalue weighted by atomic mass is 9.77. The van der Waals surface area contributed by atoms with Gasteiger partial charge in [0.2, 0.25) is 0 Å². The van der Waals surface area contributed by atoms with Gasteiger partial charge in [0.25, 0.3) is 0 Å². The summed E-state index contributed by atoms with van der Waals surface area (Å²) in [5.41, 5.74) is 0.758. The van der Waals surface area contributed by atoms with E-state index >= 15 is 0 Å². The Labute approximate surface area is 106 Å². The van der Waals surface area contributed by atoms with E-state index in [0.717, 1.165) is 5.56 Å². The van der Waals surface area contributed by atoms with E-state index in [2.05, 4.69) is 5.32 Å². The van der Waals surface area contributed by atoms with Gasteiger partial charge in [-0.15, -0.1) is 0 Å². The molecule has 1 aromatic carbocycles. The van der Waals surface area contributed by atoms with Gasteiger partial charge >= 0.3 is 0 Å². The largest absolute Gasteiger partial charge is 0.307 e. The van der Waals surface area contributed by atoms with Gasteiger partial charge in [0.15, 0.2) is 0 Å². The van der Waals surface area contributed by atoms with Gasteiger partial charge in [0.05, 0.1) is 5.02 Å².